The number of nitrogens with zero attached hydrogens (tertiary/aromatic N) is 6. The summed E-state index contributed by atoms with van der Waals surface area (Å²) < 4.78 is 1.95. The maximum absolute atomic E-state index is 12.2. The number of benzene rings is 1. The van der Waals surface area contributed by atoms with E-state index in [4.69, 9.17) is 5.41 Å². The predicted octanol–water partition coefficient (Wildman–Crippen LogP) is 1.30. The highest BCUT2D eigenvalue weighted by Gasteiger charge is 2.45. The second kappa shape index (κ2) is 6.13. The molecular formula is C16H18N8OS. The summed E-state index contributed by atoms with van der Waals surface area (Å²) in [4.78, 5) is 19.6. The molecule has 2 aliphatic rings. The van der Waals surface area contributed by atoms with Crippen LogP contribution in [-0.4, -0.2) is 67.9 Å². The second-order valence-electron chi connectivity index (χ2n) is 6.11. The van der Waals surface area contributed by atoms with Crippen LogP contribution < -0.4 is 5.32 Å². The number of hydrogen-bond acceptors (Lipinski definition) is 7. The van der Waals surface area contributed by atoms with Gasteiger partial charge in [0, 0.05) is 19.8 Å². The van der Waals surface area contributed by atoms with Gasteiger partial charge in [0.25, 0.3) is 0 Å². The Balaban J connectivity index is 1.62. The minimum atomic E-state index is -0.428. The molecule has 1 saturated heterocycles. The van der Waals surface area contributed by atoms with Crippen molar-refractivity contribution >= 4 is 28.8 Å². The van der Waals surface area contributed by atoms with Gasteiger partial charge < -0.3 is 10.2 Å². The zero-order chi connectivity index (χ0) is 18.4. The number of fused-ring (bicyclic) bond motifs is 1. The maximum atomic E-state index is 12.2. The van der Waals surface area contributed by atoms with Crippen molar-refractivity contribution in [2.45, 2.75) is 24.3 Å². The molecule has 0 bridgehead atoms. The number of likely N-dealkylation sites (N-methyl/N-ethyl adjacent to an activating group) is 2. The number of thioether (sulfide) groups is 1. The van der Waals surface area contributed by atoms with Gasteiger partial charge in [0.05, 0.1) is 0 Å². The Kier molecular flexibility index (Phi) is 3.91. The quantitative estimate of drug-likeness (QED) is 0.829. The van der Waals surface area contributed by atoms with Crippen LogP contribution in [-0.2, 0) is 0 Å². The van der Waals surface area contributed by atoms with E-state index in [-0.39, 0.29) is 17.9 Å². The van der Waals surface area contributed by atoms with Crippen molar-refractivity contribution in [2.75, 3.05) is 14.1 Å². The van der Waals surface area contributed by atoms with Crippen LogP contribution in [0.15, 0.2) is 40.5 Å². The van der Waals surface area contributed by atoms with Crippen molar-refractivity contribution in [3.05, 3.63) is 36.2 Å². The number of rotatable bonds is 2. The number of hydrogen-bond donors (Lipinski definition) is 2. The molecule has 0 unspecified atom stereocenters. The summed E-state index contributed by atoms with van der Waals surface area (Å²) in [6.45, 7) is 1.89. The van der Waals surface area contributed by atoms with Crippen LogP contribution in [0.25, 0.3) is 5.69 Å². The lowest BCUT2D eigenvalue weighted by Gasteiger charge is -2.38. The molecule has 0 aliphatic carbocycles. The lowest BCUT2D eigenvalue weighted by atomic mass is 10.1. The number of aromatic nitrogens is 3. The van der Waals surface area contributed by atoms with Gasteiger partial charge >= 0.3 is 6.03 Å². The van der Waals surface area contributed by atoms with Gasteiger partial charge in [-0.25, -0.2) is 9.79 Å². The van der Waals surface area contributed by atoms with Crippen LogP contribution in [0, 0.1) is 12.3 Å². The van der Waals surface area contributed by atoms with Gasteiger partial charge in [0.15, 0.2) is 11.3 Å². The molecule has 1 aromatic carbocycles. The van der Waals surface area contributed by atoms with Gasteiger partial charge in [0.1, 0.15) is 17.7 Å². The largest absolute Gasteiger partial charge is 0.351 e. The third-order valence-electron chi connectivity index (χ3n) is 4.47. The summed E-state index contributed by atoms with van der Waals surface area (Å²) in [7, 11) is 3.29. The molecule has 0 saturated carbocycles. The first-order valence-corrected chi connectivity index (χ1v) is 8.87. The first-order valence-electron chi connectivity index (χ1n) is 8.06. The summed E-state index contributed by atoms with van der Waals surface area (Å²) in [6.07, 6.45) is -0.428. The van der Waals surface area contributed by atoms with E-state index in [2.05, 4.69) is 20.5 Å². The van der Waals surface area contributed by atoms with E-state index >= 15 is 0 Å². The van der Waals surface area contributed by atoms with Crippen molar-refractivity contribution < 1.29 is 4.79 Å². The van der Waals surface area contributed by atoms with E-state index in [0.717, 1.165) is 11.5 Å². The van der Waals surface area contributed by atoms with E-state index in [1.54, 1.807) is 14.1 Å². The van der Waals surface area contributed by atoms with E-state index in [1.807, 2.05) is 41.8 Å². The highest BCUT2D eigenvalue weighted by Crippen LogP contribution is 2.28. The Bertz CT molecular complexity index is 908. The number of aliphatic imine (C=N–C) groups is 1. The summed E-state index contributed by atoms with van der Waals surface area (Å²) >= 11 is 1.34. The third kappa shape index (κ3) is 2.53. The van der Waals surface area contributed by atoms with E-state index in [1.165, 1.54) is 21.6 Å². The summed E-state index contributed by atoms with van der Waals surface area (Å²) in [5, 5.41) is 21.1. The standard InChI is InChI=1S/C16H18N8OS/c1-9-20-21-15(24(9)10-7-5-4-6-8-10)26-14-18-11-12(17)22(2)16(25)23(3)13(11)19-14/h4-8,11,13,17H,1-3H3,(H,18,19)/t11-,13-/m0/s1. The van der Waals surface area contributed by atoms with Crippen molar-refractivity contribution in [1.82, 2.24) is 29.9 Å². The van der Waals surface area contributed by atoms with Crippen LogP contribution in [0.2, 0.25) is 0 Å². The molecule has 10 heteroatoms. The summed E-state index contributed by atoms with van der Waals surface area (Å²) in [5.41, 5.74) is 0.966. The number of nitrogens with one attached hydrogen (secondary N) is 2. The van der Waals surface area contributed by atoms with E-state index in [0.29, 0.717) is 10.3 Å². The highest BCUT2D eigenvalue weighted by molar-refractivity contribution is 8.13. The average molecular weight is 370 g/mol. The molecular weight excluding hydrogens is 352 g/mol. The number of carbonyl (C=O) groups excluding carboxylic acids is 1. The van der Waals surface area contributed by atoms with Crippen LogP contribution in [0.1, 0.15) is 5.82 Å². The molecule has 9 nitrogen and oxygen atoms in total. The fourth-order valence-corrected chi connectivity index (χ4v) is 3.98. The highest BCUT2D eigenvalue weighted by atomic mass is 32.2. The number of urea groups is 1. The zero-order valence-electron chi connectivity index (χ0n) is 14.5. The molecule has 2 N–H and O–H groups in total. The van der Waals surface area contributed by atoms with Crippen LogP contribution in [0.4, 0.5) is 4.79 Å². The van der Waals surface area contributed by atoms with Crippen molar-refractivity contribution in [3.8, 4) is 5.69 Å². The number of amides is 2. The smallest absolute Gasteiger partial charge is 0.326 e. The van der Waals surface area contributed by atoms with Crippen molar-refractivity contribution in [2.24, 2.45) is 4.99 Å². The minimum Gasteiger partial charge on any atom is -0.351 e. The molecule has 0 spiro atoms. The lowest BCUT2D eigenvalue weighted by molar-refractivity contribution is 0.158. The topological polar surface area (TPSA) is 102 Å². The number of amidine groups is 2. The monoisotopic (exact) mass is 370 g/mol. The Morgan fingerprint density at radius 3 is 2.65 bits per heavy atom. The number of aryl methyl sites for hydroxylation is 1. The molecule has 26 heavy (non-hydrogen) atoms. The van der Waals surface area contributed by atoms with Gasteiger partial charge in [-0.15, -0.1) is 10.2 Å². The number of para-hydroxylation sites is 1. The van der Waals surface area contributed by atoms with E-state index in [9.17, 15) is 4.79 Å². The molecule has 134 valence electrons. The normalized spacial score (nSPS) is 22.3. The third-order valence-corrected chi connectivity index (χ3v) is 5.33. The summed E-state index contributed by atoms with van der Waals surface area (Å²) in [6, 6.07) is 9.25. The Labute approximate surface area is 154 Å². The fourth-order valence-electron chi connectivity index (χ4n) is 3.05. The van der Waals surface area contributed by atoms with Gasteiger partial charge in [-0.3, -0.25) is 14.9 Å². The fraction of sp³-hybridized carbons (Fsp3) is 0.312. The molecule has 2 aromatic rings. The first kappa shape index (κ1) is 16.6. The van der Waals surface area contributed by atoms with Gasteiger partial charge in [-0.05, 0) is 30.8 Å². The SMILES string of the molecule is Cc1nnc(SC2=N[C@@H]3[C@@H](N2)C(=N)N(C)C(=O)N3C)n1-c1ccccc1. The molecule has 4 rings (SSSR count). The van der Waals surface area contributed by atoms with E-state index < -0.39 is 6.17 Å². The molecule has 1 aromatic heterocycles. The zero-order valence-corrected chi connectivity index (χ0v) is 15.4. The predicted molar refractivity (Wildman–Crippen MR) is 98.7 cm³/mol. The first-order chi connectivity index (χ1) is 12.5. The van der Waals surface area contributed by atoms with Gasteiger partial charge in [-0.1, -0.05) is 18.2 Å². The maximum Gasteiger partial charge on any atom is 0.326 e. The van der Waals surface area contributed by atoms with Crippen molar-refractivity contribution in [1.29, 1.82) is 5.41 Å². The number of carbonyl (C=O) groups is 1. The molecule has 2 atom stereocenters. The Hall–Kier alpha value is -2.88. The Morgan fingerprint density at radius 1 is 1.19 bits per heavy atom. The lowest BCUT2D eigenvalue weighted by Crippen LogP contribution is -2.62. The molecule has 1 fully saturated rings. The molecule has 2 amide bonds. The summed E-state index contributed by atoms with van der Waals surface area (Å²) in [5.74, 6) is 0.979. The van der Waals surface area contributed by atoms with Crippen LogP contribution >= 0.6 is 11.8 Å². The van der Waals surface area contributed by atoms with Crippen LogP contribution in [0.3, 0.4) is 0 Å². The molecule has 3 heterocycles. The van der Waals surface area contributed by atoms with Gasteiger partial charge in [0.2, 0.25) is 5.16 Å². The Morgan fingerprint density at radius 2 is 1.92 bits per heavy atom. The van der Waals surface area contributed by atoms with Crippen LogP contribution in [0.5, 0.6) is 0 Å². The second-order valence-corrected chi connectivity index (χ2v) is 7.07. The van der Waals surface area contributed by atoms with Crippen molar-refractivity contribution in [3.63, 3.8) is 0 Å². The van der Waals surface area contributed by atoms with Gasteiger partial charge in [-0.2, -0.15) is 0 Å². The molecule has 2 aliphatic heterocycles. The minimum absolute atomic E-state index is 0.207. The average Bonchev–Trinajstić information content (AvgIpc) is 3.23. The molecule has 0 radical (unpaired) electrons.